The second kappa shape index (κ2) is 9.16. The van der Waals surface area contributed by atoms with Gasteiger partial charge >= 0.3 is 0 Å². The van der Waals surface area contributed by atoms with Crippen LogP contribution in [-0.4, -0.2) is 27.3 Å². The molecule has 1 aliphatic heterocycles. The van der Waals surface area contributed by atoms with Crippen molar-refractivity contribution >= 4 is 16.9 Å². The lowest BCUT2D eigenvalue weighted by atomic mass is 9.99. The molecule has 1 aliphatic rings. The Bertz CT molecular complexity index is 1100. The zero-order valence-corrected chi connectivity index (χ0v) is 18.0. The van der Waals surface area contributed by atoms with Gasteiger partial charge < -0.3 is 19.0 Å². The highest BCUT2D eigenvalue weighted by molar-refractivity contribution is 5.93. The van der Waals surface area contributed by atoms with Crippen LogP contribution < -0.4 is 0 Å². The summed E-state index contributed by atoms with van der Waals surface area (Å²) in [4.78, 5) is 22.2. The number of aromatic nitrogens is 2. The van der Waals surface area contributed by atoms with Gasteiger partial charge in [0.1, 0.15) is 17.6 Å². The minimum atomic E-state index is -0.758. The number of nitrogens with zero attached hydrogens (tertiary/aromatic N) is 2. The Morgan fingerprint density at radius 2 is 2.03 bits per heavy atom. The van der Waals surface area contributed by atoms with Crippen LogP contribution in [0.15, 0.2) is 53.1 Å². The fourth-order valence-electron chi connectivity index (χ4n) is 3.59. The summed E-state index contributed by atoms with van der Waals surface area (Å²) in [6.45, 7) is 11.4. The number of benzene rings is 1. The molecule has 1 aromatic carbocycles. The number of allylic oxidation sites excluding steroid dienone is 1. The molecule has 0 aliphatic carbocycles. The van der Waals surface area contributed by atoms with E-state index in [2.05, 4.69) is 16.5 Å². The maximum Gasteiger partial charge on any atom is 0.290 e. The molecular weight excluding hydrogens is 404 g/mol. The molecular formula is C23H25F2N3O3. The average molecular weight is 429 g/mol. The molecule has 164 valence electrons. The molecule has 2 aromatic heterocycles. The predicted octanol–water partition coefficient (Wildman–Crippen LogP) is 5.39. The van der Waals surface area contributed by atoms with Crippen molar-refractivity contribution in [2.24, 2.45) is 0 Å². The molecule has 8 heteroatoms. The fourth-order valence-corrected chi connectivity index (χ4v) is 3.59. The molecule has 31 heavy (non-hydrogen) atoms. The van der Waals surface area contributed by atoms with Gasteiger partial charge in [0, 0.05) is 18.7 Å². The van der Waals surface area contributed by atoms with Gasteiger partial charge in [-0.2, -0.15) is 0 Å². The van der Waals surface area contributed by atoms with E-state index in [0.29, 0.717) is 24.2 Å². The number of carbonyl (C=O) groups is 1. The molecule has 0 radical (unpaired) electrons. The number of hydrogen-bond donors (Lipinski definition) is 1. The second-order valence-corrected chi connectivity index (χ2v) is 6.95. The van der Waals surface area contributed by atoms with Crippen LogP contribution in [-0.2, 0) is 16.0 Å². The standard InChI is InChI=1S/C21H19F2N3O3.C2H6/c1-4-28-19(11(2)3)21(27)26-8-7-15-17(25-10-24-15)18(26)16-9-12-13(22)5-6-14(23)20(12)29-16;1-2/h4-6,9-10,18H,1,7-8H2,2-3H3,(H,24,25);1-2H3. The van der Waals surface area contributed by atoms with E-state index < -0.39 is 17.7 Å². The molecule has 0 saturated heterocycles. The summed E-state index contributed by atoms with van der Waals surface area (Å²) >= 11 is 0. The number of halogens is 2. The third kappa shape index (κ3) is 3.97. The van der Waals surface area contributed by atoms with Gasteiger partial charge in [0.05, 0.1) is 23.7 Å². The maximum atomic E-state index is 14.2. The number of imidazole rings is 1. The van der Waals surface area contributed by atoms with Crippen LogP contribution in [0.2, 0.25) is 0 Å². The summed E-state index contributed by atoms with van der Waals surface area (Å²) in [6.07, 6.45) is 3.26. The van der Waals surface area contributed by atoms with Crippen LogP contribution in [0.25, 0.3) is 11.0 Å². The third-order valence-corrected chi connectivity index (χ3v) is 4.91. The first-order chi connectivity index (χ1) is 14.9. The van der Waals surface area contributed by atoms with Crippen molar-refractivity contribution in [1.82, 2.24) is 14.9 Å². The Balaban J connectivity index is 0.00000132. The van der Waals surface area contributed by atoms with Crippen molar-refractivity contribution in [3.63, 3.8) is 0 Å². The molecule has 3 aromatic rings. The van der Waals surface area contributed by atoms with E-state index in [0.717, 1.165) is 17.8 Å². The molecule has 1 atom stereocenters. The van der Waals surface area contributed by atoms with E-state index in [9.17, 15) is 13.6 Å². The zero-order chi connectivity index (χ0) is 22.7. The number of amides is 1. The van der Waals surface area contributed by atoms with Crippen LogP contribution >= 0.6 is 0 Å². The molecule has 4 rings (SSSR count). The van der Waals surface area contributed by atoms with Gasteiger partial charge in [-0.3, -0.25) is 4.79 Å². The normalized spacial score (nSPS) is 15.0. The van der Waals surface area contributed by atoms with Crippen molar-refractivity contribution < 1.29 is 22.7 Å². The van der Waals surface area contributed by atoms with Gasteiger partial charge in [0.2, 0.25) is 0 Å². The minimum Gasteiger partial charge on any atom is -0.460 e. The summed E-state index contributed by atoms with van der Waals surface area (Å²) in [6, 6.07) is 2.71. The van der Waals surface area contributed by atoms with Gasteiger partial charge in [-0.15, -0.1) is 0 Å². The molecule has 3 heterocycles. The third-order valence-electron chi connectivity index (χ3n) is 4.91. The van der Waals surface area contributed by atoms with Crippen molar-refractivity contribution in [2.75, 3.05) is 6.54 Å². The smallest absolute Gasteiger partial charge is 0.290 e. The van der Waals surface area contributed by atoms with Gasteiger partial charge in [-0.25, -0.2) is 13.8 Å². The number of H-pyrrole nitrogens is 1. The largest absolute Gasteiger partial charge is 0.460 e. The average Bonchev–Trinajstić information content (AvgIpc) is 3.42. The van der Waals surface area contributed by atoms with E-state index in [4.69, 9.17) is 9.15 Å². The van der Waals surface area contributed by atoms with E-state index in [1.165, 1.54) is 23.6 Å². The Morgan fingerprint density at radius 3 is 2.68 bits per heavy atom. The molecule has 0 fully saturated rings. The van der Waals surface area contributed by atoms with E-state index in [-0.39, 0.29) is 28.4 Å². The number of fused-ring (bicyclic) bond motifs is 2. The van der Waals surface area contributed by atoms with E-state index >= 15 is 0 Å². The summed E-state index contributed by atoms with van der Waals surface area (Å²) in [5.41, 5.74) is 1.88. The number of hydrogen-bond acceptors (Lipinski definition) is 4. The number of furan rings is 1. The fraction of sp³-hybridized carbons (Fsp3) is 0.304. The summed E-state index contributed by atoms with van der Waals surface area (Å²) in [5.74, 6) is -1.31. The lowest BCUT2D eigenvalue weighted by molar-refractivity contribution is -0.132. The quantitative estimate of drug-likeness (QED) is 0.446. The summed E-state index contributed by atoms with van der Waals surface area (Å²) < 4.78 is 39.4. The van der Waals surface area contributed by atoms with Gasteiger partial charge in [-0.05, 0) is 37.6 Å². The Kier molecular flexibility index (Phi) is 6.58. The van der Waals surface area contributed by atoms with Gasteiger partial charge in [-0.1, -0.05) is 20.4 Å². The SMILES string of the molecule is C=COC(C(=O)N1CCc2[nH]cnc2C1c1cc2c(F)ccc(F)c2o1)=C(C)C.CC. The van der Waals surface area contributed by atoms with Crippen molar-refractivity contribution in [3.8, 4) is 0 Å². The molecule has 1 unspecified atom stereocenters. The molecule has 1 N–H and O–H groups in total. The molecule has 0 spiro atoms. The predicted molar refractivity (Wildman–Crippen MR) is 113 cm³/mol. The zero-order valence-electron chi connectivity index (χ0n) is 18.0. The lowest BCUT2D eigenvalue weighted by Crippen LogP contribution is -2.41. The van der Waals surface area contributed by atoms with E-state index in [1.54, 1.807) is 13.8 Å². The monoisotopic (exact) mass is 429 g/mol. The van der Waals surface area contributed by atoms with E-state index in [1.807, 2.05) is 13.8 Å². The van der Waals surface area contributed by atoms with Crippen LogP contribution in [0.4, 0.5) is 8.78 Å². The summed E-state index contributed by atoms with van der Waals surface area (Å²) in [7, 11) is 0. The molecule has 1 amide bonds. The summed E-state index contributed by atoms with van der Waals surface area (Å²) in [5, 5.41) is 0.0137. The topological polar surface area (TPSA) is 71.4 Å². The van der Waals surface area contributed by atoms with Crippen LogP contribution in [0.3, 0.4) is 0 Å². The minimum absolute atomic E-state index is 0.0137. The Hall–Kier alpha value is -3.42. The van der Waals surface area contributed by atoms with Crippen molar-refractivity contribution in [3.05, 3.63) is 77.5 Å². The number of nitrogens with one attached hydrogen (secondary N) is 1. The van der Waals surface area contributed by atoms with Crippen molar-refractivity contribution in [1.29, 1.82) is 0 Å². The molecule has 0 saturated carbocycles. The van der Waals surface area contributed by atoms with Crippen LogP contribution in [0.1, 0.15) is 50.9 Å². The first-order valence-electron chi connectivity index (χ1n) is 10.1. The maximum absolute atomic E-state index is 14.2. The number of carbonyl (C=O) groups excluding carboxylic acids is 1. The number of aromatic amines is 1. The molecule has 0 bridgehead atoms. The number of rotatable bonds is 4. The lowest BCUT2D eigenvalue weighted by Gasteiger charge is -2.34. The van der Waals surface area contributed by atoms with Crippen LogP contribution in [0.5, 0.6) is 0 Å². The van der Waals surface area contributed by atoms with Gasteiger partial charge in [0.25, 0.3) is 5.91 Å². The first-order valence-corrected chi connectivity index (χ1v) is 10.1. The van der Waals surface area contributed by atoms with Gasteiger partial charge in [0.15, 0.2) is 17.2 Å². The van der Waals surface area contributed by atoms with Crippen molar-refractivity contribution in [2.45, 2.75) is 40.2 Å². The second-order valence-electron chi connectivity index (χ2n) is 6.95. The number of ether oxygens (including phenoxy) is 1. The first kappa shape index (κ1) is 22.3. The molecule has 6 nitrogen and oxygen atoms in total. The Morgan fingerprint density at radius 1 is 1.32 bits per heavy atom. The highest BCUT2D eigenvalue weighted by Gasteiger charge is 2.38. The van der Waals surface area contributed by atoms with Crippen LogP contribution in [0, 0.1) is 11.6 Å². The highest BCUT2D eigenvalue weighted by atomic mass is 19.1. The Labute approximate surface area is 179 Å². The highest BCUT2D eigenvalue weighted by Crippen LogP contribution is 2.38.